The second-order valence-electron chi connectivity index (χ2n) is 8.12. The van der Waals surface area contributed by atoms with Crippen LogP contribution in [0.1, 0.15) is 39.0 Å². The fourth-order valence-corrected chi connectivity index (χ4v) is 5.45. The van der Waals surface area contributed by atoms with Gasteiger partial charge in [0.25, 0.3) is 0 Å². The number of hydrogen-bond acceptors (Lipinski definition) is 6. The molecule has 1 fully saturated rings. The predicted octanol–water partition coefficient (Wildman–Crippen LogP) is 2.88. The van der Waals surface area contributed by atoms with Gasteiger partial charge >= 0.3 is 0 Å². The Morgan fingerprint density at radius 1 is 1.16 bits per heavy atom. The molecule has 0 atom stereocenters. The van der Waals surface area contributed by atoms with Crippen LogP contribution in [0.2, 0.25) is 0 Å². The smallest absolute Gasteiger partial charge is 0.243 e. The van der Waals surface area contributed by atoms with Gasteiger partial charge in [-0.05, 0) is 31.4 Å². The molecule has 0 aliphatic carbocycles. The lowest BCUT2D eigenvalue weighted by Gasteiger charge is -2.30. The summed E-state index contributed by atoms with van der Waals surface area (Å²) in [5.41, 5.74) is 0. The molecule has 32 heavy (non-hydrogen) atoms. The molecule has 9 nitrogen and oxygen atoms in total. The minimum absolute atomic E-state index is 0.0872. The van der Waals surface area contributed by atoms with E-state index in [2.05, 4.69) is 17.3 Å². The molecule has 2 aliphatic heterocycles. The molecule has 3 heterocycles. The summed E-state index contributed by atoms with van der Waals surface area (Å²) in [6.45, 7) is 4.50. The summed E-state index contributed by atoms with van der Waals surface area (Å²) in [6, 6.07) is 6.53. The lowest BCUT2D eigenvalue weighted by atomic mass is 9.97. The molecule has 0 saturated carbocycles. The number of aryl methyl sites for hydroxylation is 1. The van der Waals surface area contributed by atoms with Crippen molar-refractivity contribution in [3.63, 3.8) is 0 Å². The highest BCUT2D eigenvalue weighted by molar-refractivity contribution is 7.89. The molecule has 1 N–H and O–H groups in total. The third-order valence-electron chi connectivity index (χ3n) is 5.87. The molecule has 2 aromatic rings. The zero-order valence-electron chi connectivity index (χ0n) is 18.3. The third-order valence-corrected chi connectivity index (χ3v) is 7.77. The number of benzene rings is 1. The van der Waals surface area contributed by atoms with Gasteiger partial charge in [-0.15, -0.1) is 0 Å². The van der Waals surface area contributed by atoms with Crippen molar-refractivity contribution in [2.45, 2.75) is 50.5 Å². The zero-order chi connectivity index (χ0) is 22.6. The van der Waals surface area contributed by atoms with Crippen molar-refractivity contribution in [3.05, 3.63) is 30.5 Å². The zero-order valence-corrected chi connectivity index (χ0v) is 19.1. The van der Waals surface area contributed by atoms with Crippen molar-refractivity contribution >= 4 is 21.7 Å². The minimum atomic E-state index is -3.67. The number of amides is 1. The first-order valence-electron chi connectivity index (χ1n) is 11.2. The van der Waals surface area contributed by atoms with Crippen LogP contribution in [-0.2, 0) is 21.4 Å². The summed E-state index contributed by atoms with van der Waals surface area (Å²) >= 11 is 0. The summed E-state index contributed by atoms with van der Waals surface area (Å²) in [5.74, 6) is 1.38. The Balaban J connectivity index is 1.37. The molecule has 0 unspecified atom stereocenters. The van der Waals surface area contributed by atoms with Gasteiger partial charge in [0.1, 0.15) is 5.82 Å². The Hall–Kier alpha value is -2.59. The molecule has 1 amide bonds. The maximum atomic E-state index is 13.2. The number of anilines is 1. The van der Waals surface area contributed by atoms with Crippen molar-refractivity contribution in [2.24, 2.45) is 5.92 Å². The summed E-state index contributed by atoms with van der Waals surface area (Å²) in [7, 11) is -3.67. The van der Waals surface area contributed by atoms with Crippen LogP contribution in [0.3, 0.4) is 0 Å². The van der Waals surface area contributed by atoms with Crippen LogP contribution in [-0.4, -0.2) is 54.7 Å². The van der Waals surface area contributed by atoms with Gasteiger partial charge in [-0.1, -0.05) is 13.3 Å². The highest BCUT2D eigenvalue weighted by Crippen LogP contribution is 2.34. The third kappa shape index (κ3) is 4.91. The van der Waals surface area contributed by atoms with E-state index in [0.29, 0.717) is 56.5 Å². The maximum absolute atomic E-state index is 13.2. The molecule has 2 aliphatic rings. The van der Waals surface area contributed by atoms with Gasteiger partial charge in [0.15, 0.2) is 11.5 Å². The van der Waals surface area contributed by atoms with E-state index < -0.39 is 10.0 Å². The van der Waals surface area contributed by atoms with Gasteiger partial charge in [-0.2, -0.15) is 9.40 Å². The molecular formula is C22H30N4O5S. The van der Waals surface area contributed by atoms with E-state index in [9.17, 15) is 13.2 Å². The number of fused-ring (bicyclic) bond motifs is 1. The standard InChI is InChI=1S/C22H30N4O5S/c1-2-3-11-26-21(7-10-23-26)24-22(27)17-8-12-25(13-9-17)32(28,29)18-5-6-19-20(16-18)31-15-4-14-30-19/h5-7,10,16-17H,2-4,8-9,11-15H2,1H3,(H,24,27). The normalized spacial score (nSPS) is 17.7. The van der Waals surface area contributed by atoms with Crippen molar-refractivity contribution in [1.29, 1.82) is 0 Å². The topological polar surface area (TPSA) is 103 Å². The number of unbranched alkanes of at least 4 members (excludes halogenated alkanes) is 1. The first-order valence-corrected chi connectivity index (χ1v) is 12.7. The number of piperidine rings is 1. The SMILES string of the molecule is CCCCn1nccc1NC(=O)C1CCN(S(=O)(=O)c2ccc3c(c2)OCCCO3)CC1. The lowest BCUT2D eigenvalue weighted by molar-refractivity contribution is -0.121. The lowest BCUT2D eigenvalue weighted by Crippen LogP contribution is -2.41. The number of hydrogen-bond donors (Lipinski definition) is 1. The quantitative estimate of drug-likeness (QED) is 0.679. The van der Waals surface area contributed by atoms with E-state index in [4.69, 9.17) is 9.47 Å². The van der Waals surface area contributed by atoms with E-state index >= 15 is 0 Å². The Morgan fingerprint density at radius 3 is 2.66 bits per heavy atom. The highest BCUT2D eigenvalue weighted by Gasteiger charge is 2.33. The Bertz CT molecular complexity index is 1040. The summed E-state index contributed by atoms with van der Waals surface area (Å²) in [5, 5.41) is 7.22. The van der Waals surface area contributed by atoms with Gasteiger partial charge in [0.2, 0.25) is 15.9 Å². The van der Waals surface area contributed by atoms with Crippen LogP contribution in [0.25, 0.3) is 0 Å². The van der Waals surface area contributed by atoms with E-state index in [1.54, 1.807) is 29.1 Å². The predicted molar refractivity (Wildman–Crippen MR) is 119 cm³/mol. The average molecular weight is 463 g/mol. The number of aromatic nitrogens is 2. The Kier molecular flexibility index (Phi) is 7.00. The Labute approximate surface area is 188 Å². The molecule has 0 spiro atoms. The van der Waals surface area contributed by atoms with Gasteiger partial charge in [0, 0.05) is 44.1 Å². The van der Waals surface area contributed by atoms with E-state index in [1.165, 1.54) is 10.4 Å². The van der Waals surface area contributed by atoms with E-state index in [0.717, 1.165) is 25.8 Å². The molecule has 1 saturated heterocycles. The van der Waals surface area contributed by atoms with Crippen molar-refractivity contribution < 1.29 is 22.7 Å². The van der Waals surface area contributed by atoms with Crippen LogP contribution >= 0.6 is 0 Å². The van der Waals surface area contributed by atoms with Crippen molar-refractivity contribution in [2.75, 3.05) is 31.6 Å². The van der Waals surface area contributed by atoms with Crippen LogP contribution in [0.5, 0.6) is 11.5 Å². The van der Waals surface area contributed by atoms with E-state index in [-0.39, 0.29) is 16.7 Å². The molecule has 0 radical (unpaired) electrons. The van der Waals surface area contributed by atoms with Gasteiger partial charge < -0.3 is 14.8 Å². The molecule has 1 aromatic carbocycles. The summed E-state index contributed by atoms with van der Waals surface area (Å²) in [4.78, 5) is 12.9. The maximum Gasteiger partial charge on any atom is 0.243 e. The number of carbonyl (C=O) groups is 1. The van der Waals surface area contributed by atoms with Crippen LogP contribution in [0.15, 0.2) is 35.4 Å². The Morgan fingerprint density at radius 2 is 1.91 bits per heavy atom. The minimum Gasteiger partial charge on any atom is -0.490 e. The molecule has 4 rings (SSSR count). The molecular weight excluding hydrogens is 432 g/mol. The van der Waals surface area contributed by atoms with Crippen molar-refractivity contribution in [1.82, 2.24) is 14.1 Å². The highest BCUT2D eigenvalue weighted by atomic mass is 32.2. The van der Waals surface area contributed by atoms with Crippen LogP contribution < -0.4 is 14.8 Å². The van der Waals surface area contributed by atoms with Crippen LogP contribution in [0.4, 0.5) is 5.82 Å². The van der Waals surface area contributed by atoms with Crippen molar-refractivity contribution in [3.8, 4) is 11.5 Å². The molecule has 174 valence electrons. The number of nitrogens with one attached hydrogen (secondary N) is 1. The number of nitrogens with zero attached hydrogens (tertiary/aromatic N) is 3. The van der Waals surface area contributed by atoms with E-state index in [1.807, 2.05) is 0 Å². The van der Waals surface area contributed by atoms with Gasteiger partial charge in [-0.25, -0.2) is 13.1 Å². The number of ether oxygens (including phenoxy) is 2. The molecule has 0 bridgehead atoms. The van der Waals surface area contributed by atoms with Gasteiger partial charge in [0.05, 0.1) is 24.3 Å². The monoisotopic (exact) mass is 462 g/mol. The first-order chi connectivity index (χ1) is 15.5. The molecule has 10 heteroatoms. The fraction of sp³-hybridized carbons (Fsp3) is 0.545. The fourth-order valence-electron chi connectivity index (χ4n) is 3.96. The number of sulfonamides is 1. The van der Waals surface area contributed by atoms with Crippen LogP contribution in [0, 0.1) is 5.92 Å². The second kappa shape index (κ2) is 9.91. The summed E-state index contributed by atoms with van der Waals surface area (Å²) in [6.07, 6.45) is 5.41. The van der Waals surface area contributed by atoms with Gasteiger partial charge in [-0.3, -0.25) is 4.79 Å². The summed E-state index contributed by atoms with van der Waals surface area (Å²) < 4.78 is 40.8. The molecule has 1 aromatic heterocycles. The largest absolute Gasteiger partial charge is 0.490 e. The number of carbonyl (C=O) groups excluding carboxylic acids is 1. The second-order valence-corrected chi connectivity index (χ2v) is 10.1. The first kappa shape index (κ1) is 22.6. The average Bonchev–Trinajstić information content (AvgIpc) is 3.10. The number of rotatable bonds is 7.